The smallest absolute Gasteiger partial charge is 0.0438 e. The highest BCUT2D eigenvalue weighted by Crippen LogP contribution is 2.31. The second-order valence-electron chi connectivity index (χ2n) is 4.41. The summed E-state index contributed by atoms with van der Waals surface area (Å²) < 4.78 is 0. The van der Waals surface area contributed by atoms with Crippen LogP contribution in [0, 0.1) is 13.8 Å². The van der Waals surface area contributed by atoms with Gasteiger partial charge in [-0.05, 0) is 56.0 Å². The summed E-state index contributed by atoms with van der Waals surface area (Å²) >= 11 is 6.18. The zero-order chi connectivity index (χ0) is 10.8. The highest BCUT2D eigenvalue weighted by molar-refractivity contribution is 6.31. The van der Waals surface area contributed by atoms with Crippen molar-refractivity contribution in [1.29, 1.82) is 0 Å². The van der Waals surface area contributed by atoms with E-state index in [1.165, 1.54) is 36.0 Å². The van der Waals surface area contributed by atoms with Gasteiger partial charge in [0, 0.05) is 11.1 Å². The van der Waals surface area contributed by atoms with Crippen LogP contribution in [-0.4, -0.2) is 6.54 Å². The lowest BCUT2D eigenvalue weighted by Gasteiger charge is -2.27. The minimum atomic E-state index is 0.512. The Morgan fingerprint density at radius 2 is 2.07 bits per heavy atom. The molecule has 0 radical (unpaired) electrons. The van der Waals surface area contributed by atoms with Gasteiger partial charge in [0.1, 0.15) is 0 Å². The van der Waals surface area contributed by atoms with Crippen molar-refractivity contribution in [1.82, 2.24) is 5.32 Å². The summed E-state index contributed by atoms with van der Waals surface area (Å²) in [6.07, 6.45) is 3.86. The van der Waals surface area contributed by atoms with E-state index in [-0.39, 0.29) is 0 Å². The first-order valence-corrected chi connectivity index (χ1v) is 6.07. The van der Waals surface area contributed by atoms with Gasteiger partial charge in [0.05, 0.1) is 0 Å². The average molecular weight is 224 g/mol. The topological polar surface area (TPSA) is 12.0 Å². The number of hydrogen-bond donors (Lipinski definition) is 1. The maximum atomic E-state index is 6.18. The monoisotopic (exact) mass is 223 g/mol. The van der Waals surface area contributed by atoms with Crippen molar-refractivity contribution in [2.24, 2.45) is 0 Å². The molecule has 0 aromatic heterocycles. The third-order valence-electron chi connectivity index (χ3n) is 3.33. The van der Waals surface area contributed by atoms with E-state index in [9.17, 15) is 0 Å². The first-order chi connectivity index (χ1) is 7.20. The zero-order valence-corrected chi connectivity index (χ0v) is 10.2. The minimum Gasteiger partial charge on any atom is -0.310 e. The summed E-state index contributed by atoms with van der Waals surface area (Å²) in [4.78, 5) is 0. The van der Waals surface area contributed by atoms with Crippen LogP contribution in [-0.2, 0) is 0 Å². The van der Waals surface area contributed by atoms with Gasteiger partial charge in [-0.2, -0.15) is 0 Å². The molecule has 1 aromatic carbocycles. The Kier molecular flexibility index (Phi) is 3.32. The first-order valence-electron chi connectivity index (χ1n) is 5.69. The van der Waals surface area contributed by atoms with E-state index in [0.717, 1.165) is 11.6 Å². The summed E-state index contributed by atoms with van der Waals surface area (Å²) in [5, 5.41) is 4.48. The highest BCUT2D eigenvalue weighted by atomic mass is 35.5. The molecule has 1 unspecified atom stereocenters. The van der Waals surface area contributed by atoms with Crippen LogP contribution in [0.1, 0.15) is 42.0 Å². The lowest BCUT2D eigenvalue weighted by atomic mass is 9.91. The third-order valence-corrected chi connectivity index (χ3v) is 3.73. The molecule has 0 bridgehead atoms. The molecule has 1 N–H and O–H groups in total. The molecule has 15 heavy (non-hydrogen) atoms. The molecule has 0 amide bonds. The quantitative estimate of drug-likeness (QED) is 0.764. The molecule has 1 atom stereocenters. The molecular weight excluding hydrogens is 206 g/mol. The maximum Gasteiger partial charge on any atom is 0.0438 e. The van der Waals surface area contributed by atoms with Gasteiger partial charge < -0.3 is 5.32 Å². The Bertz CT molecular complexity index is 354. The first kappa shape index (κ1) is 11.0. The number of rotatable bonds is 1. The van der Waals surface area contributed by atoms with Crippen molar-refractivity contribution in [3.05, 3.63) is 33.8 Å². The van der Waals surface area contributed by atoms with Crippen molar-refractivity contribution < 1.29 is 0 Å². The average Bonchev–Trinajstić information content (AvgIpc) is 2.26. The van der Waals surface area contributed by atoms with Gasteiger partial charge in [-0.15, -0.1) is 0 Å². The normalized spacial score (nSPS) is 21.7. The summed E-state index contributed by atoms with van der Waals surface area (Å²) in [7, 11) is 0. The van der Waals surface area contributed by atoms with E-state index >= 15 is 0 Å². The number of halogens is 1. The van der Waals surface area contributed by atoms with Gasteiger partial charge in [-0.1, -0.05) is 24.1 Å². The van der Waals surface area contributed by atoms with Gasteiger partial charge in [-0.3, -0.25) is 0 Å². The Balaban J connectivity index is 2.36. The lowest BCUT2D eigenvalue weighted by Crippen LogP contribution is -2.28. The molecule has 1 fully saturated rings. The fourth-order valence-electron chi connectivity index (χ4n) is 2.47. The number of piperidine rings is 1. The van der Waals surface area contributed by atoms with Crippen LogP contribution in [0.15, 0.2) is 12.1 Å². The van der Waals surface area contributed by atoms with Crippen LogP contribution >= 0.6 is 11.6 Å². The molecule has 0 aliphatic carbocycles. The number of nitrogens with one attached hydrogen (secondary N) is 1. The van der Waals surface area contributed by atoms with Crippen LogP contribution < -0.4 is 5.32 Å². The van der Waals surface area contributed by atoms with Crippen molar-refractivity contribution in [2.75, 3.05) is 6.54 Å². The van der Waals surface area contributed by atoms with Gasteiger partial charge in [0.2, 0.25) is 0 Å². The van der Waals surface area contributed by atoms with Crippen LogP contribution in [0.25, 0.3) is 0 Å². The predicted molar refractivity (Wildman–Crippen MR) is 65.5 cm³/mol. The largest absolute Gasteiger partial charge is 0.310 e. The second-order valence-corrected chi connectivity index (χ2v) is 4.81. The lowest BCUT2D eigenvalue weighted by molar-refractivity contribution is 0.410. The third kappa shape index (κ3) is 2.19. The molecule has 1 saturated heterocycles. The van der Waals surface area contributed by atoms with Crippen molar-refractivity contribution in [3.8, 4) is 0 Å². The van der Waals surface area contributed by atoms with Crippen molar-refractivity contribution in [3.63, 3.8) is 0 Å². The van der Waals surface area contributed by atoms with E-state index < -0.39 is 0 Å². The predicted octanol–water partition coefficient (Wildman–Crippen LogP) is 3.77. The van der Waals surface area contributed by atoms with Crippen LogP contribution in [0.4, 0.5) is 0 Å². The zero-order valence-electron chi connectivity index (χ0n) is 9.44. The fourth-order valence-corrected chi connectivity index (χ4v) is 2.64. The Hall–Kier alpha value is -0.530. The molecule has 1 heterocycles. The highest BCUT2D eigenvalue weighted by Gasteiger charge is 2.19. The Labute approximate surface area is 96.8 Å². The molecule has 1 aliphatic heterocycles. The van der Waals surface area contributed by atoms with Gasteiger partial charge in [0.15, 0.2) is 0 Å². The van der Waals surface area contributed by atoms with Crippen LogP contribution in [0.3, 0.4) is 0 Å². The number of hydrogen-bond acceptors (Lipinski definition) is 1. The summed E-state index contributed by atoms with van der Waals surface area (Å²) in [5.74, 6) is 0. The number of aryl methyl sites for hydroxylation is 1. The summed E-state index contributed by atoms with van der Waals surface area (Å²) in [6.45, 7) is 5.44. The maximum absolute atomic E-state index is 6.18. The molecule has 2 heteroatoms. The number of benzene rings is 1. The molecular formula is C13H18ClN. The van der Waals surface area contributed by atoms with E-state index in [1.54, 1.807) is 0 Å². The SMILES string of the molecule is Cc1ccc(Cl)c(C)c1C1CCCCN1. The van der Waals surface area contributed by atoms with Gasteiger partial charge in [0.25, 0.3) is 0 Å². The van der Waals surface area contributed by atoms with E-state index in [1.807, 2.05) is 6.07 Å². The Morgan fingerprint density at radius 1 is 1.27 bits per heavy atom. The van der Waals surface area contributed by atoms with Gasteiger partial charge in [-0.25, -0.2) is 0 Å². The van der Waals surface area contributed by atoms with Gasteiger partial charge >= 0.3 is 0 Å². The van der Waals surface area contributed by atoms with Crippen LogP contribution in [0.5, 0.6) is 0 Å². The standard InChI is InChI=1S/C13H18ClN/c1-9-6-7-11(14)10(2)13(9)12-5-3-4-8-15-12/h6-7,12,15H,3-5,8H2,1-2H3. The molecule has 1 aromatic rings. The van der Waals surface area contributed by atoms with E-state index in [4.69, 9.17) is 11.6 Å². The molecule has 0 saturated carbocycles. The van der Waals surface area contributed by atoms with E-state index in [0.29, 0.717) is 6.04 Å². The fraction of sp³-hybridized carbons (Fsp3) is 0.538. The van der Waals surface area contributed by atoms with Crippen molar-refractivity contribution in [2.45, 2.75) is 39.2 Å². The van der Waals surface area contributed by atoms with Crippen LogP contribution in [0.2, 0.25) is 5.02 Å². The molecule has 0 spiro atoms. The van der Waals surface area contributed by atoms with E-state index in [2.05, 4.69) is 25.2 Å². The molecule has 82 valence electrons. The molecule has 1 aliphatic rings. The summed E-state index contributed by atoms with van der Waals surface area (Å²) in [5.41, 5.74) is 4.02. The molecule has 2 rings (SSSR count). The minimum absolute atomic E-state index is 0.512. The summed E-state index contributed by atoms with van der Waals surface area (Å²) in [6, 6.07) is 4.64. The van der Waals surface area contributed by atoms with Crippen molar-refractivity contribution >= 4 is 11.6 Å². The molecule has 1 nitrogen and oxygen atoms in total. The second kappa shape index (κ2) is 4.54. The Morgan fingerprint density at radius 3 is 2.73 bits per heavy atom.